The molecule has 1 N–H and O–H groups in total. The summed E-state index contributed by atoms with van der Waals surface area (Å²) in [5.41, 5.74) is 0.925. The normalized spacial score (nSPS) is 20.4. The largest absolute Gasteiger partial charge is 0.339 e. The van der Waals surface area contributed by atoms with E-state index in [1.807, 2.05) is 4.90 Å². The lowest BCUT2D eigenvalue weighted by atomic mass is 9.78. The molecule has 0 unspecified atom stereocenters. The maximum Gasteiger partial charge on any atom is 0.255 e. The average Bonchev–Trinajstić information content (AvgIpc) is 2.90. The summed E-state index contributed by atoms with van der Waals surface area (Å²) in [4.78, 5) is 14.4. The second-order valence-electron chi connectivity index (χ2n) is 5.84. The van der Waals surface area contributed by atoms with Crippen LogP contribution in [0.3, 0.4) is 0 Å². The maximum absolute atomic E-state index is 12.5. The summed E-state index contributed by atoms with van der Waals surface area (Å²) in [5, 5.41) is 4.45. The number of benzene rings is 1. The Hall–Kier alpha value is -0.480. The minimum absolute atomic E-state index is 0. The van der Waals surface area contributed by atoms with Crippen molar-refractivity contribution in [2.24, 2.45) is 5.41 Å². The zero-order valence-electron chi connectivity index (χ0n) is 11.7. The number of likely N-dealkylation sites (tertiary alicyclic amines) is 1. The van der Waals surface area contributed by atoms with E-state index >= 15 is 0 Å². The van der Waals surface area contributed by atoms with E-state index in [-0.39, 0.29) is 18.3 Å². The topological polar surface area (TPSA) is 32.3 Å². The monoisotopic (exact) mass is 348 g/mol. The van der Waals surface area contributed by atoms with Crippen LogP contribution in [0.25, 0.3) is 0 Å². The zero-order valence-corrected chi connectivity index (χ0v) is 14.0. The van der Waals surface area contributed by atoms with Crippen LogP contribution >= 0.6 is 35.6 Å². The van der Waals surface area contributed by atoms with Crippen molar-refractivity contribution in [2.45, 2.75) is 19.3 Å². The molecule has 1 amide bonds. The summed E-state index contributed by atoms with van der Waals surface area (Å²) in [6.07, 6.45) is 3.38. The lowest BCUT2D eigenvalue weighted by Crippen LogP contribution is -2.44. The first-order valence-electron chi connectivity index (χ1n) is 7.05. The summed E-state index contributed by atoms with van der Waals surface area (Å²) in [6, 6.07) is 5.05. The van der Waals surface area contributed by atoms with Crippen LogP contribution in [0.4, 0.5) is 0 Å². The van der Waals surface area contributed by atoms with Gasteiger partial charge in [-0.15, -0.1) is 12.4 Å². The summed E-state index contributed by atoms with van der Waals surface area (Å²) in [7, 11) is 0. The molecule has 3 nitrogen and oxygen atoms in total. The van der Waals surface area contributed by atoms with Crippen molar-refractivity contribution in [1.29, 1.82) is 0 Å². The van der Waals surface area contributed by atoms with E-state index in [4.69, 9.17) is 23.2 Å². The molecule has 116 valence electrons. The molecule has 0 radical (unpaired) electrons. The van der Waals surface area contributed by atoms with Gasteiger partial charge < -0.3 is 10.2 Å². The number of nitrogens with one attached hydrogen (secondary N) is 1. The molecule has 2 fully saturated rings. The van der Waals surface area contributed by atoms with Crippen LogP contribution in [0.1, 0.15) is 29.6 Å². The van der Waals surface area contributed by atoms with Crippen LogP contribution in [0.5, 0.6) is 0 Å². The Balaban J connectivity index is 0.00000161. The predicted octanol–water partition coefficient (Wildman–Crippen LogP) is 3.63. The molecule has 0 aromatic heterocycles. The molecule has 0 aliphatic carbocycles. The Morgan fingerprint density at radius 3 is 2.52 bits per heavy atom. The molecule has 0 saturated carbocycles. The third-order valence-electron chi connectivity index (χ3n) is 4.60. The number of nitrogens with zero attached hydrogens (tertiary/aromatic N) is 1. The van der Waals surface area contributed by atoms with Gasteiger partial charge in [0.05, 0.1) is 10.6 Å². The second kappa shape index (κ2) is 6.74. The molecular weight excluding hydrogens is 331 g/mol. The van der Waals surface area contributed by atoms with E-state index in [0.717, 1.165) is 39.0 Å². The van der Waals surface area contributed by atoms with Gasteiger partial charge in [-0.25, -0.2) is 0 Å². The quantitative estimate of drug-likeness (QED) is 0.839. The molecule has 1 aromatic rings. The number of carbonyl (C=O) groups excluding carboxylic acids is 1. The molecule has 2 aliphatic heterocycles. The van der Waals surface area contributed by atoms with E-state index in [1.165, 1.54) is 6.42 Å². The smallest absolute Gasteiger partial charge is 0.255 e. The van der Waals surface area contributed by atoms with Crippen LogP contribution in [0, 0.1) is 5.41 Å². The maximum atomic E-state index is 12.5. The van der Waals surface area contributed by atoms with E-state index < -0.39 is 0 Å². The fourth-order valence-corrected chi connectivity index (χ4v) is 3.61. The fraction of sp³-hybridized carbons (Fsp3) is 0.533. The van der Waals surface area contributed by atoms with Gasteiger partial charge in [-0.1, -0.05) is 23.2 Å². The Morgan fingerprint density at radius 2 is 1.90 bits per heavy atom. The van der Waals surface area contributed by atoms with Crippen LogP contribution in [-0.2, 0) is 0 Å². The summed E-state index contributed by atoms with van der Waals surface area (Å²) in [5.74, 6) is -0.00157. The third kappa shape index (κ3) is 3.48. The lowest BCUT2D eigenvalue weighted by molar-refractivity contribution is 0.0608. The minimum Gasteiger partial charge on any atom is -0.339 e. The predicted molar refractivity (Wildman–Crippen MR) is 88.8 cm³/mol. The number of rotatable bonds is 1. The summed E-state index contributed by atoms with van der Waals surface area (Å²) < 4.78 is 0. The minimum atomic E-state index is -0.00157. The molecule has 0 bridgehead atoms. The highest BCUT2D eigenvalue weighted by Gasteiger charge is 2.38. The average molecular weight is 350 g/mol. The number of piperidine rings is 1. The third-order valence-corrected chi connectivity index (χ3v) is 5.17. The number of halogens is 3. The van der Waals surface area contributed by atoms with Gasteiger partial charge in [0.25, 0.3) is 5.91 Å². The van der Waals surface area contributed by atoms with Gasteiger partial charge in [0.1, 0.15) is 0 Å². The first-order valence-corrected chi connectivity index (χ1v) is 7.80. The van der Waals surface area contributed by atoms with Crippen molar-refractivity contribution in [3.05, 3.63) is 33.8 Å². The van der Waals surface area contributed by atoms with E-state index in [1.54, 1.807) is 18.2 Å². The standard InChI is InChI=1S/C15H18Cl2N2O.ClH/c16-11-1-2-13(17)12(9-11)14(20)19-7-4-15(5-8-19)3-6-18-10-15;/h1-2,9,18H,3-8,10H2;1H. The highest BCUT2D eigenvalue weighted by molar-refractivity contribution is 6.35. The van der Waals surface area contributed by atoms with Crippen molar-refractivity contribution in [2.75, 3.05) is 26.2 Å². The van der Waals surface area contributed by atoms with Crippen molar-refractivity contribution < 1.29 is 4.79 Å². The molecular formula is C15H19Cl3N2O. The highest BCUT2D eigenvalue weighted by Crippen LogP contribution is 2.37. The van der Waals surface area contributed by atoms with E-state index in [9.17, 15) is 4.79 Å². The molecule has 1 aromatic carbocycles. The Morgan fingerprint density at radius 1 is 1.19 bits per heavy atom. The Bertz CT molecular complexity index is 520. The first kappa shape index (κ1) is 16.9. The number of hydrogen-bond acceptors (Lipinski definition) is 2. The molecule has 3 rings (SSSR count). The summed E-state index contributed by atoms with van der Waals surface area (Å²) in [6.45, 7) is 3.81. The van der Waals surface area contributed by atoms with Crippen molar-refractivity contribution >= 4 is 41.5 Å². The fourth-order valence-electron chi connectivity index (χ4n) is 3.24. The van der Waals surface area contributed by atoms with Gasteiger partial charge in [-0.05, 0) is 49.4 Å². The number of hydrogen-bond donors (Lipinski definition) is 1. The van der Waals surface area contributed by atoms with Gasteiger partial charge in [-0.3, -0.25) is 4.79 Å². The van der Waals surface area contributed by atoms with Crippen molar-refractivity contribution in [3.8, 4) is 0 Å². The van der Waals surface area contributed by atoms with E-state index in [2.05, 4.69) is 5.32 Å². The molecule has 1 spiro atoms. The first-order chi connectivity index (χ1) is 9.60. The highest BCUT2D eigenvalue weighted by atomic mass is 35.5. The molecule has 21 heavy (non-hydrogen) atoms. The van der Waals surface area contributed by atoms with Gasteiger partial charge >= 0.3 is 0 Å². The number of carbonyl (C=O) groups is 1. The van der Waals surface area contributed by atoms with Crippen LogP contribution in [0.15, 0.2) is 18.2 Å². The van der Waals surface area contributed by atoms with Crippen molar-refractivity contribution in [1.82, 2.24) is 10.2 Å². The Kier molecular flexibility index (Phi) is 5.42. The molecule has 2 aliphatic rings. The van der Waals surface area contributed by atoms with Crippen LogP contribution in [-0.4, -0.2) is 37.0 Å². The van der Waals surface area contributed by atoms with Gasteiger partial charge in [0, 0.05) is 24.7 Å². The lowest BCUT2D eigenvalue weighted by Gasteiger charge is -2.39. The molecule has 2 heterocycles. The van der Waals surface area contributed by atoms with Gasteiger partial charge in [-0.2, -0.15) is 0 Å². The molecule has 2 saturated heterocycles. The van der Waals surface area contributed by atoms with Crippen molar-refractivity contribution in [3.63, 3.8) is 0 Å². The zero-order chi connectivity index (χ0) is 14.2. The van der Waals surface area contributed by atoms with Gasteiger partial charge in [0.2, 0.25) is 0 Å². The van der Waals surface area contributed by atoms with E-state index in [0.29, 0.717) is 21.0 Å². The number of amides is 1. The van der Waals surface area contributed by atoms with Crippen LogP contribution < -0.4 is 5.32 Å². The van der Waals surface area contributed by atoms with Crippen LogP contribution in [0.2, 0.25) is 10.0 Å². The summed E-state index contributed by atoms with van der Waals surface area (Å²) >= 11 is 12.1. The SMILES string of the molecule is Cl.O=C(c1cc(Cl)ccc1Cl)N1CCC2(CCNC2)CC1. The van der Waals surface area contributed by atoms with Gasteiger partial charge in [0.15, 0.2) is 0 Å². The molecule has 0 atom stereocenters. The molecule has 6 heteroatoms. The second-order valence-corrected chi connectivity index (χ2v) is 6.69. The Labute approximate surface area is 141 Å².